The maximum absolute atomic E-state index is 12.2. The lowest BCUT2D eigenvalue weighted by atomic mass is 10.1. The van der Waals surface area contributed by atoms with Gasteiger partial charge in [0.2, 0.25) is 6.79 Å². The van der Waals surface area contributed by atoms with E-state index in [0.717, 1.165) is 5.56 Å². The minimum absolute atomic E-state index is 0.0117. The van der Waals surface area contributed by atoms with Crippen LogP contribution >= 0.6 is 0 Å². The molecule has 0 spiro atoms. The summed E-state index contributed by atoms with van der Waals surface area (Å²) in [6.45, 7) is 0.195. The molecule has 1 aliphatic heterocycles. The minimum Gasteiger partial charge on any atom is -0.479 e. The van der Waals surface area contributed by atoms with Gasteiger partial charge in [0.05, 0.1) is 0 Å². The number of benzene rings is 2. The monoisotopic (exact) mass is 307 g/mol. The molecule has 0 atom stereocenters. The topological polar surface area (TPSA) is 68.5 Å². The molecular weight excluding hydrogens is 294 g/mol. The summed E-state index contributed by atoms with van der Waals surface area (Å²) in [5.41, 5.74) is 1.41. The zero-order valence-electron chi connectivity index (χ0n) is 12.2. The summed E-state index contributed by atoms with van der Waals surface area (Å²) in [6.07, 6.45) is 3.23. The lowest BCUT2D eigenvalue weighted by Crippen LogP contribution is -1.94. The average Bonchev–Trinajstić information content (AvgIpc) is 3.06. The van der Waals surface area contributed by atoms with E-state index in [2.05, 4.69) is 0 Å². The van der Waals surface area contributed by atoms with Crippen LogP contribution in [0.15, 0.2) is 48.5 Å². The van der Waals surface area contributed by atoms with Gasteiger partial charge in [-0.3, -0.25) is 4.79 Å². The van der Waals surface area contributed by atoms with Crippen molar-refractivity contribution in [2.75, 3.05) is 13.4 Å². The van der Waals surface area contributed by atoms with Gasteiger partial charge in [0.1, 0.15) is 11.8 Å². The Kier molecular flexibility index (Phi) is 4.25. The fourth-order valence-corrected chi connectivity index (χ4v) is 2.11. The number of ketones is 1. The van der Waals surface area contributed by atoms with Crippen molar-refractivity contribution in [1.29, 1.82) is 5.26 Å². The Hall–Kier alpha value is -3.26. The Balaban J connectivity index is 1.67. The first-order chi connectivity index (χ1) is 11.3. The van der Waals surface area contributed by atoms with Crippen molar-refractivity contribution in [2.24, 2.45) is 0 Å². The average molecular weight is 307 g/mol. The highest BCUT2D eigenvalue weighted by atomic mass is 16.7. The zero-order chi connectivity index (χ0) is 16.1. The third-order valence-corrected chi connectivity index (χ3v) is 3.27. The van der Waals surface area contributed by atoms with E-state index < -0.39 is 0 Å². The van der Waals surface area contributed by atoms with Gasteiger partial charge in [0.25, 0.3) is 0 Å². The molecule has 0 aliphatic carbocycles. The van der Waals surface area contributed by atoms with Crippen LogP contribution in [0.3, 0.4) is 0 Å². The Morgan fingerprint density at radius 2 is 1.96 bits per heavy atom. The van der Waals surface area contributed by atoms with E-state index in [9.17, 15) is 4.79 Å². The number of allylic oxidation sites excluding steroid dienone is 1. The van der Waals surface area contributed by atoms with Gasteiger partial charge in [0, 0.05) is 5.56 Å². The molecule has 2 aromatic rings. The highest BCUT2D eigenvalue weighted by Gasteiger charge is 2.14. The number of hydrogen-bond acceptors (Lipinski definition) is 5. The smallest absolute Gasteiger partial charge is 0.231 e. The first kappa shape index (κ1) is 14.7. The van der Waals surface area contributed by atoms with Crippen LogP contribution in [0.25, 0.3) is 6.08 Å². The molecule has 2 aromatic carbocycles. The molecule has 0 bridgehead atoms. The summed E-state index contributed by atoms with van der Waals surface area (Å²) >= 11 is 0. The van der Waals surface area contributed by atoms with Gasteiger partial charge in [-0.15, -0.1) is 0 Å². The molecule has 0 saturated carbocycles. The number of fused-ring (bicyclic) bond motifs is 1. The summed E-state index contributed by atoms with van der Waals surface area (Å²) < 4.78 is 15.7. The van der Waals surface area contributed by atoms with Gasteiger partial charge < -0.3 is 14.2 Å². The quantitative estimate of drug-likeness (QED) is 0.626. The first-order valence-electron chi connectivity index (χ1n) is 6.98. The van der Waals surface area contributed by atoms with Crippen molar-refractivity contribution in [1.82, 2.24) is 0 Å². The number of rotatable bonds is 5. The number of nitriles is 1. The lowest BCUT2D eigenvalue weighted by Gasteiger charge is -2.01. The molecule has 3 rings (SSSR count). The molecule has 1 aliphatic rings. The maximum Gasteiger partial charge on any atom is 0.231 e. The van der Waals surface area contributed by atoms with E-state index in [1.54, 1.807) is 36.4 Å². The third-order valence-electron chi connectivity index (χ3n) is 3.27. The third kappa shape index (κ3) is 3.50. The second-order valence-corrected chi connectivity index (χ2v) is 4.78. The molecule has 0 radical (unpaired) electrons. The van der Waals surface area contributed by atoms with Gasteiger partial charge in [0.15, 0.2) is 23.9 Å². The fraction of sp³-hybridized carbons (Fsp3) is 0.111. The van der Waals surface area contributed by atoms with Crippen molar-refractivity contribution < 1.29 is 19.0 Å². The van der Waals surface area contributed by atoms with E-state index in [0.29, 0.717) is 22.8 Å². The molecule has 5 nitrogen and oxygen atoms in total. The van der Waals surface area contributed by atoms with Crippen LogP contribution in [0, 0.1) is 11.3 Å². The first-order valence-corrected chi connectivity index (χ1v) is 6.98. The van der Waals surface area contributed by atoms with E-state index in [4.69, 9.17) is 19.5 Å². The van der Waals surface area contributed by atoms with Gasteiger partial charge >= 0.3 is 0 Å². The highest BCUT2D eigenvalue weighted by molar-refractivity contribution is 6.07. The summed E-state index contributed by atoms with van der Waals surface area (Å²) in [5.74, 6) is 1.74. The number of hydrogen-bond donors (Lipinski definition) is 0. The molecule has 0 unspecified atom stereocenters. The van der Waals surface area contributed by atoms with Gasteiger partial charge in [-0.05, 0) is 42.0 Å². The van der Waals surface area contributed by atoms with Crippen molar-refractivity contribution in [2.45, 2.75) is 0 Å². The Morgan fingerprint density at radius 1 is 1.17 bits per heavy atom. The predicted octanol–water partition coefficient (Wildman–Crippen LogP) is 3.21. The molecule has 0 fully saturated rings. The Morgan fingerprint density at radius 3 is 2.74 bits per heavy atom. The summed E-state index contributed by atoms with van der Waals surface area (Å²) in [4.78, 5) is 12.2. The van der Waals surface area contributed by atoms with Crippen LogP contribution in [0.5, 0.6) is 17.2 Å². The molecule has 5 heteroatoms. The summed E-state index contributed by atoms with van der Waals surface area (Å²) in [7, 11) is 0. The van der Waals surface area contributed by atoms with Crippen molar-refractivity contribution >= 4 is 11.9 Å². The van der Waals surface area contributed by atoms with E-state index >= 15 is 0 Å². The van der Waals surface area contributed by atoms with Crippen LogP contribution in [-0.2, 0) is 0 Å². The van der Waals surface area contributed by atoms with Gasteiger partial charge in [-0.25, -0.2) is 0 Å². The number of carbonyl (C=O) groups is 1. The van der Waals surface area contributed by atoms with Crippen molar-refractivity contribution in [3.8, 4) is 23.3 Å². The van der Waals surface area contributed by atoms with Gasteiger partial charge in [-0.2, -0.15) is 5.26 Å². The molecule has 0 N–H and O–H groups in total. The molecule has 1 heterocycles. The van der Waals surface area contributed by atoms with E-state index in [-0.39, 0.29) is 19.2 Å². The fourth-order valence-electron chi connectivity index (χ4n) is 2.11. The number of carbonyl (C=O) groups excluding carboxylic acids is 1. The predicted molar refractivity (Wildman–Crippen MR) is 83.5 cm³/mol. The van der Waals surface area contributed by atoms with Crippen LogP contribution in [0.1, 0.15) is 15.9 Å². The molecule has 0 saturated heterocycles. The van der Waals surface area contributed by atoms with Gasteiger partial charge in [-0.1, -0.05) is 18.2 Å². The molecular formula is C18H13NO4. The van der Waals surface area contributed by atoms with Crippen LogP contribution in [0.2, 0.25) is 0 Å². The lowest BCUT2D eigenvalue weighted by molar-refractivity contribution is 0.104. The second-order valence-electron chi connectivity index (χ2n) is 4.78. The SMILES string of the molecule is N#CCOc1ccc(/C=C/C(=O)c2ccc3c(c2)OCO3)cc1. The van der Waals surface area contributed by atoms with Crippen LogP contribution in [0.4, 0.5) is 0 Å². The summed E-state index contributed by atoms with van der Waals surface area (Å²) in [6, 6.07) is 14.2. The van der Waals surface area contributed by atoms with Crippen LogP contribution in [-0.4, -0.2) is 19.2 Å². The second kappa shape index (κ2) is 6.67. The van der Waals surface area contributed by atoms with E-state index in [1.807, 2.05) is 18.2 Å². The number of ether oxygens (including phenoxy) is 3. The van der Waals surface area contributed by atoms with Crippen LogP contribution < -0.4 is 14.2 Å². The standard InChI is InChI=1S/C18H13NO4/c19-9-10-21-15-5-1-13(2-6-15)3-7-16(20)14-4-8-17-18(11-14)23-12-22-17/h1-8,11H,10,12H2/b7-3+. The molecule has 0 amide bonds. The van der Waals surface area contributed by atoms with E-state index in [1.165, 1.54) is 6.08 Å². The molecule has 0 aromatic heterocycles. The normalized spacial score (nSPS) is 12.1. The molecule has 114 valence electrons. The van der Waals surface area contributed by atoms with Crippen molar-refractivity contribution in [3.63, 3.8) is 0 Å². The Bertz CT molecular complexity index is 788. The summed E-state index contributed by atoms with van der Waals surface area (Å²) in [5, 5.41) is 8.45. The van der Waals surface area contributed by atoms with Crippen molar-refractivity contribution in [3.05, 3.63) is 59.7 Å². The largest absolute Gasteiger partial charge is 0.479 e. The Labute approximate surface area is 133 Å². The minimum atomic E-state index is -0.117. The number of nitrogens with zero attached hydrogens (tertiary/aromatic N) is 1. The maximum atomic E-state index is 12.2. The molecule has 23 heavy (non-hydrogen) atoms. The highest BCUT2D eigenvalue weighted by Crippen LogP contribution is 2.32. The zero-order valence-corrected chi connectivity index (χ0v) is 12.2.